The van der Waals surface area contributed by atoms with Gasteiger partial charge in [0, 0.05) is 37.5 Å². The van der Waals surface area contributed by atoms with Crippen molar-refractivity contribution in [2.75, 3.05) is 13.1 Å². The number of nitrogens with zero attached hydrogens (tertiary/aromatic N) is 2. The van der Waals surface area contributed by atoms with E-state index in [1.54, 1.807) is 6.20 Å². The maximum Gasteiger partial charge on any atom is 0.223 e. The van der Waals surface area contributed by atoms with Crippen LogP contribution < -0.4 is 5.73 Å². The average molecular weight is 400 g/mol. The molecule has 0 saturated carbocycles. The lowest BCUT2D eigenvalue weighted by molar-refractivity contribution is -0.135. The van der Waals surface area contributed by atoms with Gasteiger partial charge in [0.2, 0.25) is 5.91 Å². The molecule has 1 aliphatic heterocycles. The Labute approximate surface area is 167 Å². The first-order chi connectivity index (χ1) is 11.7. The van der Waals surface area contributed by atoms with Gasteiger partial charge in [0.25, 0.3) is 0 Å². The number of rotatable bonds is 5. The fourth-order valence-corrected chi connectivity index (χ4v) is 3.32. The number of likely N-dealkylation sites (tertiary alicyclic amines) is 1. The SMILES string of the molecule is CC1CCN(C(=O)CCc2ncc(-c3ccccc3)o2)C(CN)C1.Cl.Cl. The van der Waals surface area contributed by atoms with E-state index >= 15 is 0 Å². The molecule has 0 radical (unpaired) electrons. The third kappa shape index (κ3) is 5.47. The number of aromatic nitrogens is 1. The number of piperidine rings is 1. The molecule has 5 nitrogen and oxygen atoms in total. The summed E-state index contributed by atoms with van der Waals surface area (Å²) in [7, 11) is 0. The van der Waals surface area contributed by atoms with E-state index in [-0.39, 0.29) is 36.8 Å². The van der Waals surface area contributed by atoms with Crippen molar-refractivity contribution in [2.24, 2.45) is 11.7 Å². The van der Waals surface area contributed by atoms with Crippen molar-refractivity contribution in [3.63, 3.8) is 0 Å². The first-order valence-corrected chi connectivity index (χ1v) is 8.67. The van der Waals surface area contributed by atoms with Crippen LogP contribution in [-0.4, -0.2) is 34.9 Å². The summed E-state index contributed by atoms with van der Waals surface area (Å²) >= 11 is 0. The maximum absolute atomic E-state index is 12.5. The number of halogens is 2. The van der Waals surface area contributed by atoms with Crippen molar-refractivity contribution in [1.82, 2.24) is 9.88 Å². The highest BCUT2D eigenvalue weighted by atomic mass is 35.5. The standard InChI is InChI=1S/C19H25N3O2.2ClH/c1-14-9-10-22(16(11-14)12-20)19(23)8-7-18-21-13-17(24-18)15-5-3-2-4-6-15;;/h2-6,13-14,16H,7-12,20H2,1H3;2*1H. The van der Waals surface area contributed by atoms with Gasteiger partial charge in [-0.1, -0.05) is 37.3 Å². The molecule has 2 atom stereocenters. The van der Waals surface area contributed by atoms with Crippen molar-refractivity contribution < 1.29 is 9.21 Å². The van der Waals surface area contributed by atoms with Crippen molar-refractivity contribution in [2.45, 2.75) is 38.6 Å². The summed E-state index contributed by atoms with van der Waals surface area (Å²) in [5, 5.41) is 0. The van der Waals surface area contributed by atoms with Crippen LogP contribution in [0.5, 0.6) is 0 Å². The molecule has 3 rings (SSSR count). The Morgan fingerprint density at radius 1 is 1.31 bits per heavy atom. The minimum atomic E-state index is 0. The van der Waals surface area contributed by atoms with Gasteiger partial charge in [-0.25, -0.2) is 4.98 Å². The summed E-state index contributed by atoms with van der Waals surface area (Å²) < 4.78 is 5.77. The zero-order valence-corrected chi connectivity index (χ0v) is 16.6. The number of oxazole rings is 1. The molecule has 2 heterocycles. The number of benzene rings is 1. The van der Waals surface area contributed by atoms with Crippen LogP contribution >= 0.6 is 24.8 Å². The summed E-state index contributed by atoms with van der Waals surface area (Å²) in [5.41, 5.74) is 6.84. The molecule has 26 heavy (non-hydrogen) atoms. The predicted molar refractivity (Wildman–Crippen MR) is 108 cm³/mol. The zero-order valence-electron chi connectivity index (χ0n) is 15.0. The molecule has 0 spiro atoms. The second-order valence-corrected chi connectivity index (χ2v) is 6.59. The zero-order chi connectivity index (χ0) is 16.9. The summed E-state index contributed by atoms with van der Waals surface area (Å²) in [6.45, 7) is 3.57. The molecular weight excluding hydrogens is 373 g/mol. The van der Waals surface area contributed by atoms with E-state index < -0.39 is 0 Å². The highest BCUT2D eigenvalue weighted by molar-refractivity contribution is 5.85. The van der Waals surface area contributed by atoms with Gasteiger partial charge < -0.3 is 15.1 Å². The Kier molecular flexibility index (Phi) is 9.13. The van der Waals surface area contributed by atoms with E-state index in [9.17, 15) is 4.79 Å². The fraction of sp³-hybridized carbons (Fsp3) is 0.474. The molecular formula is C19H27Cl2N3O2. The van der Waals surface area contributed by atoms with Crippen LogP contribution in [0.25, 0.3) is 11.3 Å². The van der Waals surface area contributed by atoms with Gasteiger partial charge in [-0.15, -0.1) is 24.8 Å². The molecule has 1 saturated heterocycles. The smallest absolute Gasteiger partial charge is 0.223 e. The highest BCUT2D eigenvalue weighted by Gasteiger charge is 2.28. The van der Waals surface area contributed by atoms with Gasteiger partial charge in [-0.2, -0.15) is 0 Å². The number of hydrogen-bond donors (Lipinski definition) is 1. The molecule has 1 aromatic heterocycles. The second kappa shape index (κ2) is 10.6. The molecule has 1 aromatic carbocycles. The number of nitrogens with two attached hydrogens (primary N) is 1. The van der Waals surface area contributed by atoms with E-state index in [0.717, 1.165) is 30.7 Å². The Hall–Kier alpha value is -1.56. The molecule has 144 valence electrons. The topological polar surface area (TPSA) is 72.4 Å². The molecule has 2 aromatic rings. The lowest BCUT2D eigenvalue weighted by Gasteiger charge is -2.38. The number of hydrogen-bond acceptors (Lipinski definition) is 4. The van der Waals surface area contributed by atoms with Crippen LogP contribution in [0.2, 0.25) is 0 Å². The Morgan fingerprint density at radius 2 is 2.04 bits per heavy atom. The monoisotopic (exact) mass is 399 g/mol. The van der Waals surface area contributed by atoms with Crippen molar-refractivity contribution in [3.8, 4) is 11.3 Å². The second-order valence-electron chi connectivity index (χ2n) is 6.59. The lowest BCUT2D eigenvalue weighted by atomic mass is 9.92. The Balaban J connectivity index is 0.00000169. The van der Waals surface area contributed by atoms with E-state index in [2.05, 4.69) is 11.9 Å². The van der Waals surface area contributed by atoms with Gasteiger partial charge in [0.15, 0.2) is 11.7 Å². The first-order valence-electron chi connectivity index (χ1n) is 8.67. The molecule has 0 bridgehead atoms. The molecule has 1 fully saturated rings. The van der Waals surface area contributed by atoms with Crippen LogP contribution in [0.15, 0.2) is 40.9 Å². The molecule has 2 unspecified atom stereocenters. The van der Waals surface area contributed by atoms with Gasteiger partial charge in [0.1, 0.15) is 0 Å². The fourth-order valence-electron chi connectivity index (χ4n) is 3.32. The molecule has 7 heteroatoms. The third-order valence-electron chi connectivity index (χ3n) is 4.74. The van der Waals surface area contributed by atoms with Crippen LogP contribution in [0, 0.1) is 5.92 Å². The van der Waals surface area contributed by atoms with Crippen LogP contribution in [0.4, 0.5) is 0 Å². The van der Waals surface area contributed by atoms with Gasteiger partial charge in [0.05, 0.1) is 6.20 Å². The van der Waals surface area contributed by atoms with Crippen molar-refractivity contribution in [3.05, 3.63) is 42.4 Å². The lowest BCUT2D eigenvalue weighted by Crippen LogP contribution is -2.49. The van der Waals surface area contributed by atoms with Crippen LogP contribution in [0.1, 0.15) is 32.1 Å². The predicted octanol–water partition coefficient (Wildman–Crippen LogP) is 3.70. The summed E-state index contributed by atoms with van der Waals surface area (Å²) in [6.07, 6.45) is 4.72. The van der Waals surface area contributed by atoms with E-state index in [1.807, 2.05) is 35.2 Å². The normalized spacial score (nSPS) is 19.4. The summed E-state index contributed by atoms with van der Waals surface area (Å²) in [5.74, 6) is 2.14. The number of aryl methyl sites for hydroxylation is 1. The number of carbonyl (C=O) groups is 1. The van der Waals surface area contributed by atoms with Crippen molar-refractivity contribution >= 4 is 30.7 Å². The molecule has 1 amide bonds. The van der Waals surface area contributed by atoms with Crippen LogP contribution in [0.3, 0.4) is 0 Å². The number of amides is 1. The summed E-state index contributed by atoms with van der Waals surface area (Å²) in [6, 6.07) is 10.0. The maximum atomic E-state index is 12.5. The van der Waals surface area contributed by atoms with E-state index in [0.29, 0.717) is 31.2 Å². The molecule has 1 aliphatic rings. The van der Waals surface area contributed by atoms with Gasteiger partial charge >= 0.3 is 0 Å². The quantitative estimate of drug-likeness (QED) is 0.831. The highest BCUT2D eigenvalue weighted by Crippen LogP contribution is 2.24. The van der Waals surface area contributed by atoms with Crippen LogP contribution in [-0.2, 0) is 11.2 Å². The Bertz CT molecular complexity index is 678. The van der Waals surface area contributed by atoms with E-state index in [1.165, 1.54) is 0 Å². The third-order valence-corrected chi connectivity index (χ3v) is 4.74. The van der Waals surface area contributed by atoms with Crippen molar-refractivity contribution in [1.29, 1.82) is 0 Å². The summed E-state index contributed by atoms with van der Waals surface area (Å²) in [4.78, 5) is 18.8. The first kappa shape index (κ1) is 22.5. The van der Waals surface area contributed by atoms with Gasteiger partial charge in [-0.3, -0.25) is 4.79 Å². The number of carbonyl (C=O) groups excluding carboxylic acids is 1. The Morgan fingerprint density at radius 3 is 2.73 bits per heavy atom. The van der Waals surface area contributed by atoms with E-state index in [4.69, 9.17) is 10.2 Å². The minimum Gasteiger partial charge on any atom is -0.441 e. The average Bonchev–Trinajstić information content (AvgIpc) is 3.09. The van der Waals surface area contributed by atoms with Gasteiger partial charge in [-0.05, 0) is 18.8 Å². The minimum absolute atomic E-state index is 0. The molecule has 2 N–H and O–H groups in total. The largest absolute Gasteiger partial charge is 0.441 e. The molecule has 0 aliphatic carbocycles.